The van der Waals surface area contributed by atoms with E-state index in [-0.39, 0.29) is 5.91 Å². The Labute approximate surface area is 150 Å². The van der Waals surface area contributed by atoms with Crippen LogP contribution in [-0.4, -0.2) is 55.8 Å². The van der Waals surface area contributed by atoms with Gasteiger partial charge in [-0.25, -0.2) is 0 Å². The average Bonchev–Trinajstić information content (AvgIpc) is 3.10. The van der Waals surface area contributed by atoms with E-state index in [0.29, 0.717) is 24.9 Å². The second kappa shape index (κ2) is 8.68. The number of carbonyl (C=O) groups is 1. The van der Waals surface area contributed by atoms with Crippen molar-refractivity contribution in [3.63, 3.8) is 0 Å². The van der Waals surface area contributed by atoms with Crippen LogP contribution in [0.4, 0.5) is 0 Å². The summed E-state index contributed by atoms with van der Waals surface area (Å²) in [6, 6.07) is 8.27. The molecule has 1 saturated heterocycles. The minimum absolute atomic E-state index is 0.000385. The Morgan fingerprint density at radius 1 is 1.24 bits per heavy atom. The molecule has 138 valence electrons. The molecule has 0 aliphatic carbocycles. The lowest BCUT2D eigenvalue weighted by Gasteiger charge is -2.39. The van der Waals surface area contributed by atoms with Gasteiger partial charge in [-0.05, 0) is 17.5 Å². The standard InChI is InChI=1S/C20H30N2O3/c1-3-15(4-2)17(22-9-11-24-12-10-22)14-21-20(23)19-13-16-7-5-6-8-18(16)25-19/h5-8,15,17,19H,3-4,9-14H2,1-2H3,(H,21,23). The van der Waals surface area contributed by atoms with Gasteiger partial charge in [0.15, 0.2) is 6.10 Å². The predicted octanol–water partition coefficient (Wildman–Crippen LogP) is 2.24. The lowest BCUT2D eigenvalue weighted by atomic mass is 9.92. The van der Waals surface area contributed by atoms with E-state index in [1.54, 1.807) is 0 Å². The third-order valence-electron chi connectivity index (χ3n) is 5.53. The molecule has 0 radical (unpaired) electrons. The van der Waals surface area contributed by atoms with Crippen LogP contribution in [-0.2, 0) is 16.0 Å². The molecule has 2 aliphatic rings. The van der Waals surface area contributed by atoms with Crippen molar-refractivity contribution in [3.8, 4) is 5.75 Å². The summed E-state index contributed by atoms with van der Waals surface area (Å²) in [7, 11) is 0. The van der Waals surface area contributed by atoms with Crippen LogP contribution in [0, 0.1) is 5.92 Å². The number of carbonyl (C=O) groups excluding carboxylic acids is 1. The molecule has 5 nitrogen and oxygen atoms in total. The summed E-state index contributed by atoms with van der Waals surface area (Å²) < 4.78 is 11.3. The highest BCUT2D eigenvalue weighted by Gasteiger charge is 2.31. The molecule has 1 aromatic carbocycles. The summed E-state index contributed by atoms with van der Waals surface area (Å²) in [5.74, 6) is 1.42. The molecule has 1 aromatic rings. The van der Waals surface area contributed by atoms with Crippen molar-refractivity contribution >= 4 is 5.91 Å². The van der Waals surface area contributed by atoms with Crippen LogP contribution in [0.3, 0.4) is 0 Å². The number of nitrogens with zero attached hydrogens (tertiary/aromatic N) is 1. The number of para-hydroxylation sites is 1. The van der Waals surface area contributed by atoms with Gasteiger partial charge in [0.25, 0.3) is 5.91 Å². The van der Waals surface area contributed by atoms with Crippen molar-refractivity contribution in [2.45, 2.75) is 45.3 Å². The summed E-state index contributed by atoms with van der Waals surface area (Å²) in [5.41, 5.74) is 1.12. The van der Waals surface area contributed by atoms with Crippen molar-refractivity contribution in [1.29, 1.82) is 0 Å². The highest BCUT2D eigenvalue weighted by molar-refractivity contribution is 5.82. The Kier molecular flexibility index (Phi) is 6.32. The van der Waals surface area contributed by atoms with Gasteiger partial charge in [-0.15, -0.1) is 0 Å². The van der Waals surface area contributed by atoms with Gasteiger partial charge in [0.1, 0.15) is 5.75 Å². The molecule has 2 unspecified atom stereocenters. The Bertz CT molecular complexity index is 543. The lowest BCUT2D eigenvalue weighted by molar-refractivity contribution is -0.127. The summed E-state index contributed by atoms with van der Waals surface area (Å²) >= 11 is 0. The minimum Gasteiger partial charge on any atom is -0.480 e. The fraction of sp³-hybridized carbons (Fsp3) is 0.650. The van der Waals surface area contributed by atoms with Crippen molar-refractivity contribution in [2.24, 2.45) is 5.92 Å². The molecule has 2 atom stereocenters. The molecule has 5 heteroatoms. The van der Waals surface area contributed by atoms with Gasteiger partial charge in [-0.3, -0.25) is 9.69 Å². The maximum Gasteiger partial charge on any atom is 0.261 e. The van der Waals surface area contributed by atoms with E-state index in [4.69, 9.17) is 9.47 Å². The van der Waals surface area contributed by atoms with Crippen molar-refractivity contribution in [1.82, 2.24) is 10.2 Å². The number of morpholine rings is 1. The van der Waals surface area contributed by atoms with Gasteiger partial charge in [-0.1, -0.05) is 44.9 Å². The Morgan fingerprint density at radius 2 is 1.96 bits per heavy atom. The van der Waals surface area contributed by atoms with E-state index < -0.39 is 6.10 Å². The van der Waals surface area contributed by atoms with Gasteiger partial charge in [-0.2, -0.15) is 0 Å². The molecule has 0 bridgehead atoms. The zero-order chi connectivity index (χ0) is 17.6. The van der Waals surface area contributed by atoms with Crippen LogP contribution < -0.4 is 10.1 Å². The number of hydrogen-bond acceptors (Lipinski definition) is 4. The SMILES string of the molecule is CCC(CC)C(CNC(=O)C1Cc2ccccc2O1)N1CCOCC1. The molecule has 0 saturated carbocycles. The first kappa shape index (κ1) is 18.2. The first-order valence-corrected chi connectivity index (χ1v) is 9.57. The molecule has 0 spiro atoms. The first-order valence-electron chi connectivity index (χ1n) is 9.57. The molecule has 0 aromatic heterocycles. The van der Waals surface area contributed by atoms with E-state index in [1.165, 1.54) is 0 Å². The third-order valence-corrected chi connectivity index (χ3v) is 5.53. The summed E-state index contributed by atoms with van der Waals surface area (Å²) in [6.45, 7) is 8.61. The third kappa shape index (κ3) is 4.33. The molecule has 2 aliphatic heterocycles. The van der Waals surface area contributed by atoms with Crippen LogP contribution in [0.2, 0.25) is 0 Å². The maximum absolute atomic E-state index is 12.6. The number of amides is 1. The molecular formula is C20H30N2O3. The monoisotopic (exact) mass is 346 g/mol. The zero-order valence-corrected chi connectivity index (χ0v) is 15.4. The smallest absolute Gasteiger partial charge is 0.261 e. The quantitative estimate of drug-likeness (QED) is 0.823. The summed E-state index contributed by atoms with van der Waals surface area (Å²) in [6.07, 6.45) is 2.51. The summed E-state index contributed by atoms with van der Waals surface area (Å²) in [4.78, 5) is 15.1. The van der Waals surface area contributed by atoms with Gasteiger partial charge in [0, 0.05) is 32.1 Å². The van der Waals surface area contributed by atoms with E-state index >= 15 is 0 Å². The van der Waals surface area contributed by atoms with Gasteiger partial charge < -0.3 is 14.8 Å². The lowest BCUT2D eigenvalue weighted by Crippen LogP contribution is -2.53. The van der Waals surface area contributed by atoms with Crippen molar-refractivity contribution in [2.75, 3.05) is 32.8 Å². The van der Waals surface area contributed by atoms with Crippen molar-refractivity contribution in [3.05, 3.63) is 29.8 Å². The molecule has 1 N–H and O–H groups in total. The number of nitrogens with one attached hydrogen (secondary N) is 1. The second-order valence-corrected chi connectivity index (χ2v) is 6.96. The average molecular weight is 346 g/mol. The Morgan fingerprint density at radius 3 is 2.64 bits per heavy atom. The van der Waals surface area contributed by atoms with Gasteiger partial charge in [0.05, 0.1) is 13.2 Å². The molecule has 25 heavy (non-hydrogen) atoms. The first-order chi connectivity index (χ1) is 12.2. The molecule has 3 rings (SSSR count). The van der Waals surface area contributed by atoms with Crippen molar-refractivity contribution < 1.29 is 14.3 Å². The highest BCUT2D eigenvalue weighted by Crippen LogP contribution is 2.28. The van der Waals surface area contributed by atoms with E-state index in [2.05, 4.69) is 24.1 Å². The zero-order valence-electron chi connectivity index (χ0n) is 15.4. The Balaban J connectivity index is 1.58. The molecular weight excluding hydrogens is 316 g/mol. The topological polar surface area (TPSA) is 50.8 Å². The largest absolute Gasteiger partial charge is 0.480 e. The molecule has 1 fully saturated rings. The van der Waals surface area contributed by atoms with E-state index in [1.807, 2.05) is 24.3 Å². The number of hydrogen-bond donors (Lipinski definition) is 1. The fourth-order valence-corrected chi connectivity index (χ4v) is 3.98. The minimum atomic E-state index is -0.399. The van der Waals surface area contributed by atoms with E-state index in [9.17, 15) is 4.79 Å². The van der Waals surface area contributed by atoms with Gasteiger partial charge in [0.2, 0.25) is 0 Å². The van der Waals surface area contributed by atoms with Gasteiger partial charge >= 0.3 is 0 Å². The molecule has 1 amide bonds. The van der Waals surface area contributed by atoms with Crippen LogP contribution in [0.5, 0.6) is 5.75 Å². The van der Waals surface area contributed by atoms with Crippen LogP contribution in [0.25, 0.3) is 0 Å². The predicted molar refractivity (Wildman–Crippen MR) is 97.8 cm³/mol. The summed E-state index contributed by atoms with van der Waals surface area (Å²) in [5, 5.41) is 3.16. The number of benzene rings is 1. The molecule has 2 heterocycles. The second-order valence-electron chi connectivity index (χ2n) is 6.96. The number of ether oxygens (including phenoxy) is 2. The normalized spacial score (nSPS) is 21.6. The Hall–Kier alpha value is -1.59. The van der Waals surface area contributed by atoms with Crippen LogP contribution in [0.1, 0.15) is 32.3 Å². The highest BCUT2D eigenvalue weighted by atomic mass is 16.5. The fourth-order valence-electron chi connectivity index (χ4n) is 3.98. The van der Waals surface area contributed by atoms with E-state index in [0.717, 1.165) is 50.5 Å². The van der Waals surface area contributed by atoms with Crippen LogP contribution in [0.15, 0.2) is 24.3 Å². The number of fused-ring (bicyclic) bond motifs is 1. The van der Waals surface area contributed by atoms with Crippen LogP contribution >= 0.6 is 0 Å². The maximum atomic E-state index is 12.6. The number of rotatable bonds is 7.